The molecule has 2 aliphatic rings. The van der Waals surface area contributed by atoms with E-state index < -0.39 is 35.9 Å². The van der Waals surface area contributed by atoms with Crippen molar-refractivity contribution in [1.82, 2.24) is 20.4 Å². The van der Waals surface area contributed by atoms with Crippen molar-refractivity contribution in [2.45, 2.75) is 84.6 Å². The summed E-state index contributed by atoms with van der Waals surface area (Å²) in [5.41, 5.74) is 0.930. The van der Waals surface area contributed by atoms with Gasteiger partial charge in [-0.25, -0.2) is 0 Å². The highest BCUT2D eigenvalue weighted by molar-refractivity contribution is 8.01. The highest BCUT2D eigenvalue weighted by atomic mass is 35.5. The summed E-state index contributed by atoms with van der Waals surface area (Å²) in [5, 5.41) is 42.3. The lowest BCUT2D eigenvalue weighted by Gasteiger charge is -2.44. The van der Waals surface area contributed by atoms with Gasteiger partial charge in [0.15, 0.2) is 4.34 Å². The van der Waals surface area contributed by atoms with Crippen LogP contribution in [0.4, 0.5) is 0 Å². The first-order valence-electron chi connectivity index (χ1n) is 10.9. The van der Waals surface area contributed by atoms with E-state index in [-0.39, 0.29) is 29.6 Å². The summed E-state index contributed by atoms with van der Waals surface area (Å²) in [6.45, 7) is 4.96. The zero-order valence-electron chi connectivity index (χ0n) is 19.2. The standard InChI is InChI=1S/C20H34N4O5S3.ClH/c1-5-6-11-7-12(24(3)8-11)18(28)22-13(10(2)32-20-23-21-9-31-20)17-15(26)14(25)16(27)19(29-17)30-4;/h9-17,19,25-27H,5-8H2,1-4H3,(H,22,28);1H/t10-,11+,12-,13+,14-,15+,16+,17+,19+;/m0./s1. The maximum Gasteiger partial charge on any atom is 0.237 e. The molecule has 2 saturated heterocycles. The number of ether oxygens (including phenoxy) is 1. The van der Waals surface area contributed by atoms with Crippen LogP contribution in [0, 0.1) is 5.92 Å². The Morgan fingerprint density at radius 2 is 2.09 bits per heavy atom. The van der Waals surface area contributed by atoms with Gasteiger partial charge in [0.25, 0.3) is 0 Å². The van der Waals surface area contributed by atoms with Gasteiger partial charge in [-0.1, -0.05) is 43.4 Å². The normalized spacial score (nSPS) is 34.5. The number of nitrogens with one attached hydrogen (secondary N) is 1. The van der Waals surface area contributed by atoms with Crippen LogP contribution in [-0.4, -0.2) is 103 Å². The Bertz CT molecular complexity index is 735. The summed E-state index contributed by atoms with van der Waals surface area (Å²) in [4.78, 5) is 15.4. The average Bonchev–Trinajstić information content (AvgIpc) is 3.40. The number of likely N-dealkylation sites (N-methyl/N-ethyl adjacent to an activating group) is 1. The van der Waals surface area contributed by atoms with E-state index in [0.29, 0.717) is 5.92 Å². The number of nitrogens with zero attached hydrogens (tertiary/aromatic N) is 3. The Balaban J connectivity index is 0.00000385. The van der Waals surface area contributed by atoms with Gasteiger partial charge in [0.2, 0.25) is 5.91 Å². The van der Waals surface area contributed by atoms with Gasteiger partial charge in [-0.3, -0.25) is 9.69 Å². The Morgan fingerprint density at radius 1 is 1.36 bits per heavy atom. The maximum absolute atomic E-state index is 13.3. The van der Waals surface area contributed by atoms with Crippen LogP contribution in [0.25, 0.3) is 0 Å². The number of aromatic nitrogens is 2. The van der Waals surface area contributed by atoms with Crippen LogP contribution in [0.1, 0.15) is 33.1 Å². The van der Waals surface area contributed by atoms with Crippen LogP contribution >= 0.6 is 47.3 Å². The summed E-state index contributed by atoms with van der Waals surface area (Å²) in [5.74, 6) is 0.375. The average molecular weight is 543 g/mol. The number of thioether (sulfide) groups is 2. The first-order valence-corrected chi connectivity index (χ1v) is 14.0. The third-order valence-electron chi connectivity index (χ3n) is 6.27. The molecule has 13 heteroatoms. The summed E-state index contributed by atoms with van der Waals surface area (Å²) in [6.07, 6.45) is -0.0720. The number of hydrogen-bond donors (Lipinski definition) is 4. The molecule has 1 amide bonds. The molecule has 9 atom stereocenters. The van der Waals surface area contributed by atoms with Crippen molar-refractivity contribution in [3.05, 3.63) is 5.51 Å². The molecule has 0 aromatic carbocycles. The molecule has 3 rings (SSSR count). The molecule has 0 aliphatic carbocycles. The second-order valence-corrected chi connectivity index (χ2v) is 12.0. The van der Waals surface area contributed by atoms with Crippen molar-refractivity contribution < 1.29 is 24.9 Å². The first-order chi connectivity index (χ1) is 15.3. The molecular weight excluding hydrogens is 508 g/mol. The van der Waals surface area contributed by atoms with Crippen LogP contribution in [-0.2, 0) is 9.53 Å². The number of likely N-dealkylation sites (tertiary alicyclic amines) is 1. The molecule has 33 heavy (non-hydrogen) atoms. The van der Waals surface area contributed by atoms with Crippen LogP contribution in [0.3, 0.4) is 0 Å². The minimum absolute atomic E-state index is 0. The highest BCUT2D eigenvalue weighted by Crippen LogP contribution is 2.34. The van der Waals surface area contributed by atoms with Gasteiger partial charge in [0, 0.05) is 11.8 Å². The fourth-order valence-corrected chi connectivity index (χ4v) is 7.11. The predicted octanol–water partition coefficient (Wildman–Crippen LogP) is 1.22. The molecule has 0 spiro atoms. The number of aliphatic hydroxyl groups excluding tert-OH is 3. The van der Waals surface area contributed by atoms with E-state index in [2.05, 4.69) is 27.3 Å². The molecule has 190 valence electrons. The highest BCUT2D eigenvalue weighted by Gasteiger charge is 2.49. The van der Waals surface area contributed by atoms with Crippen LogP contribution < -0.4 is 5.32 Å². The van der Waals surface area contributed by atoms with Crippen molar-refractivity contribution in [3.8, 4) is 0 Å². The Labute approximate surface area is 213 Å². The van der Waals surface area contributed by atoms with Crippen molar-refractivity contribution in [2.24, 2.45) is 5.92 Å². The van der Waals surface area contributed by atoms with E-state index >= 15 is 0 Å². The Kier molecular flexibility index (Phi) is 11.6. The molecule has 1 aromatic heterocycles. The number of halogens is 1. The molecule has 2 aliphatic heterocycles. The van der Waals surface area contributed by atoms with E-state index in [1.807, 2.05) is 14.0 Å². The lowest BCUT2D eigenvalue weighted by molar-refractivity contribution is -0.205. The smallest absolute Gasteiger partial charge is 0.237 e. The van der Waals surface area contributed by atoms with E-state index in [4.69, 9.17) is 4.74 Å². The molecule has 3 heterocycles. The van der Waals surface area contributed by atoms with Gasteiger partial charge in [-0.2, -0.15) is 0 Å². The lowest BCUT2D eigenvalue weighted by atomic mass is 9.92. The van der Waals surface area contributed by atoms with E-state index in [0.717, 1.165) is 30.1 Å². The third-order valence-corrected chi connectivity index (χ3v) is 9.13. The summed E-state index contributed by atoms with van der Waals surface area (Å²) in [6, 6.07) is -0.859. The topological polar surface area (TPSA) is 128 Å². The second kappa shape index (κ2) is 13.2. The van der Waals surface area contributed by atoms with Gasteiger partial charge < -0.3 is 25.4 Å². The molecule has 4 N–H and O–H groups in total. The zero-order chi connectivity index (χ0) is 23.4. The largest absolute Gasteiger partial charge is 0.388 e. The summed E-state index contributed by atoms with van der Waals surface area (Å²) < 4.78 is 6.75. The predicted molar refractivity (Wildman–Crippen MR) is 134 cm³/mol. The van der Waals surface area contributed by atoms with Crippen LogP contribution in [0.5, 0.6) is 0 Å². The number of hydrogen-bond acceptors (Lipinski definition) is 11. The fraction of sp³-hybridized carbons (Fsp3) is 0.850. The number of carbonyl (C=O) groups excluding carboxylic acids is 1. The molecule has 1 aromatic rings. The van der Waals surface area contributed by atoms with Crippen LogP contribution in [0.2, 0.25) is 0 Å². The molecular formula is C20H35ClN4O5S3. The Morgan fingerprint density at radius 3 is 2.70 bits per heavy atom. The van der Waals surface area contributed by atoms with E-state index in [1.54, 1.807) is 11.8 Å². The lowest BCUT2D eigenvalue weighted by Crippen LogP contribution is -2.65. The van der Waals surface area contributed by atoms with Gasteiger partial charge >= 0.3 is 0 Å². The quantitative estimate of drug-likeness (QED) is 0.338. The molecule has 0 radical (unpaired) electrons. The molecule has 2 fully saturated rings. The Hall–Kier alpha value is -0.180. The van der Waals surface area contributed by atoms with E-state index in [9.17, 15) is 20.1 Å². The van der Waals surface area contributed by atoms with Crippen molar-refractivity contribution >= 4 is 53.2 Å². The van der Waals surface area contributed by atoms with Gasteiger partial charge in [-0.15, -0.1) is 34.4 Å². The SMILES string of the molecule is CCC[C@@H]1C[C@@H](C(=O)N[C@@H]([C@H]2O[C@H](SC)[C@H](O)[C@@H](O)[C@H]2O)[C@H](C)Sc2nncs2)N(C)C1.Cl. The first kappa shape index (κ1) is 29.1. The molecule has 9 nitrogen and oxygen atoms in total. The maximum atomic E-state index is 13.3. The van der Waals surface area contributed by atoms with Gasteiger partial charge in [0.05, 0.1) is 12.1 Å². The minimum Gasteiger partial charge on any atom is -0.388 e. The van der Waals surface area contributed by atoms with Crippen molar-refractivity contribution in [1.29, 1.82) is 0 Å². The number of aliphatic hydroxyl groups is 3. The number of carbonyl (C=O) groups is 1. The monoisotopic (exact) mass is 542 g/mol. The fourth-order valence-electron chi connectivity index (χ4n) is 4.57. The van der Waals surface area contributed by atoms with Gasteiger partial charge in [0.1, 0.15) is 35.4 Å². The zero-order valence-corrected chi connectivity index (χ0v) is 22.5. The van der Waals surface area contributed by atoms with E-state index in [1.165, 1.54) is 34.9 Å². The minimum atomic E-state index is -1.37. The number of amides is 1. The van der Waals surface area contributed by atoms with Crippen molar-refractivity contribution in [2.75, 3.05) is 19.8 Å². The van der Waals surface area contributed by atoms with Crippen LogP contribution in [0.15, 0.2) is 9.85 Å². The molecule has 0 saturated carbocycles. The van der Waals surface area contributed by atoms with Gasteiger partial charge in [-0.05, 0) is 32.1 Å². The molecule has 0 bridgehead atoms. The number of rotatable bonds is 9. The summed E-state index contributed by atoms with van der Waals surface area (Å²) >= 11 is 4.09. The molecule has 0 unspecified atom stereocenters. The second-order valence-electron chi connectivity index (χ2n) is 8.58. The third kappa shape index (κ3) is 6.95. The van der Waals surface area contributed by atoms with Crippen molar-refractivity contribution in [3.63, 3.8) is 0 Å². The summed E-state index contributed by atoms with van der Waals surface area (Å²) in [7, 11) is 1.96.